The van der Waals surface area contributed by atoms with Crippen LogP contribution in [0.2, 0.25) is 0 Å². The number of nitrogens with one attached hydrogen (secondary N) is 1. The summed E-state index contributed by atoms with van der Waals surface area (Å²) in [6.45, 7) is 6.96. The van der Waals surface area contributed by atoms with E-state index in [1.54, 1.807) is 24.1 Å². The monoisotopic (exact) mass is 418 g/mol. The summed E-state index contributed by atoms with van der Waals surface area (Å²) in [7, 11) is 0. The van der Waals surface area contributed by atoms with Crippen LogP contribution in [0.5, 0.6) is 5.75 Å². The molecule has 0 bridgehead atoms. The molecule has 0 aliphatic carbocycles. The smallest absolute Gasteiger partial charge is 0.263 e. The first-order chi connectivity index (χ1) is 14.9. The average Bonchev–Trinajstić information content (AvgIpc) is 3.26. The molecule has 1 saturated heterocycles. The van der Waals surface area contributed by atoms with Crippen molar-refractivity contribution in [3.05, 3.63) is 75.8 Å². The molecule has 7 nitrogen and oxygen atoms in total. The number of H-pyrrole nitrogens is 1. The molecule has 0 unspecified atom stereocenters. The molecular weight excluding hydrogens is 392 g/mol. The number of amides is 1. The highest BCUT2D eigenvalue weighted by molar-refractivity contribution is 5.81. The van der Waals surface area contributed by atoms with Gasteiger partial charge in [-0.25, -0.2) is 4.98 Å². The number of aromatic amines is 1. The van der Waals surface area contributed by atoms with E-state index in [0.29, 0.717) is 36.1 Å². The number of aromatic nitrogens is 3. The Kier molecular flexibility index (Phi) is 5.84. The van der Waals surface area contributed by atoms with Crippen LogP contribution in [0.15, 0.2) is 53.5 Å². The molecule has 7 heteroatoms. The highest BCUT2D eigenvalue weighted by Gasteiger charge is 2.32. The molecule has 1 fully saturated rings. The third-order valence-corrected chi connectivity index (χ3v) is 5.73. The van der Waals surface area contributed by atoms with E-state index >= 15 is 0 Å². The molecular formula is C24H26N4O3. The number of aryl methyl sites for hydroxylation is 2. The van der Waals surface area contributed by atoms with Gasteiger partial charge in [-0.3, -0.25) is 14.6 Å². The van der Waals surface area contributed by atoms with Gasteiger partial charge in [0, 0.05) is 31.3 Å². The van der Waals surface area contributed by atoms with Crippen molar-refractivity contribution in [2.45, 2.75) is 39.2 Å². The van der Waals surface area contributed by atoms with Crippen LogP contribution in [-0.2, 0) is 4.79 Å². The fraction of sp³-hybridized carbons (Fsp3) is 0.333. The molecule has 2 aromatic heterocycles. The minimum atomic E-state index is -0.586. The number of likely N-dealkylation sites (tertiary alicyclic amines) is 1. The zero-order chi connectivity index (χ0) is 22.0. The fourth-order valence-electron chi connectivity index (χ4n) is 3.81. The lowest BCUT2D eigenvalue weighted by atomic mass is 10.0. The highest BCUT2D eigenvalue weighted by atomic mass is 16.5. The summed E-state index contributed by atoms with van der Waals surface area (Å²) in [5.74, 6) is 1.08. The topological polar surface area (TPSA) is 88.2 Å². The molecule has 3 aromatic rings. The molecule has 1 aliphatic heterocycles. The van der Waals surface area contributed by atoms with Crippen LogP contribution in [0.3, 0.4) is 0 Å². The van der Waals surface area contributed by atoms with Crippen molar-refractivity contribution < 1.29 is 9.53 Å². The zero-order valence-electron chi connectivity index (χ0n) is 18.0. The van der Waals surface area contributed by atoms with Gasteiger partial charge < -0.3 is 14.6 Å². The van der Waals surface area contributed by atoms with Gasteiger partial charge in [-0.1, -0.05) is 12.1 Å². The van der Waals surface area contributed by atoms with Crippen molar-refractivity contribution in [3.63, 3.8) is 0 Å². The van der Waals surface area contributed by atoms with Crippen LogP contribution in [0, 0.1) is 13.8 Å². The van der Waals surface area contributed by atoms with E-state index in [1.165, 1.54) is 11.6 Å². The summed E-state index contributed by atoms with van der Waals surface area (Å²) in [6.07, 6.45) is 1.83. The van der Waals surface area contributed by atoms with Crippen molar-refractivity contribution >= 4 is 5.91 Å². The van der Waals surface area contributed by atoms with Gasteiger partial charge in [-0.05, 0) is 62.6 Å². The second-order valence-corrected chi connectivity index (χ2v) is 8.01. The zero-order valence-corrected chi connectivity index (χ0v) is 18.0. The molecule has 3 heterocycles. The summed E-state index contributed by atoms with van der Waals surface area (Å²) >= 11 is 0. The minimum absolute atomic E-state index is 0.00234. The highest BCUT2D eigenvalue weighted by Crippen LogP contribution is 2.27. The van der Waals surface area contributed by atoms with E-state index in [1.807, 2.05) is 44.2 Å². The second kappa shape index (κ2) is 8.71. The normalized spacial score (nSPS) is 16.9. The number of rotatable bonds is 5. The molecule has 4 rings (SSSR count). The molecule has 0 radical (unpaired) electrons. The minimum Gasteiger partial charge on any atom is -0.481 e. The average molecular weight is 418 g/mol. The first kappa shape index (κ1) is 20.8. The Hall–Kier alpha value is -3.48. The number of hydrogen-bond donors (Lipinski definition) is 1. The van der Waals surface area contributed by atoms with Crippen molar-refractivity contribution in [2.24, 2.45) is 0 Å². The van der Waals surface area contributed by atoms with Crippen molar-refractivity contribution in [1.82, 2.24) is 19.9 Å². The number of carbonyl (C=O) groups is 1. The Morgan fingerprint density at radius 3 is 2.77 bits per heavy atom. The largest absolute Gasteiger partial charge is 0.481 e. The van der Waals surface area contributed by atoms with E-state index in [9.17, 15) is 9.59 Å². The lowest BCUT2D eigenvalue weighted by Crippen LogP contribution is -2.39. The Labute approximate surface area is 181 Å². The predicted octanol–water partition coefficient (Wildman–Crippen LogP) is 3.23. The molecule has 1 amide bonds. The number of pyridine rings is 1. The van der Waals surface area contributed by atoms with E-state index in [4.69, 9.17) is 4.74 Å². The summed E-state index contributed by atoms with van der Waals surface area (Å²) in [6, 6.07) is 12.8. The molecule has 0 saturated carbocycles. The van der Waals surface area contributed by atoms with Gasteiger partial charge in [0.15, 0.2) is 11.9 Å². The van der Waals surface area contributed by atoms with E-state index in [2.05, 4.69) is 15.0 Å². The van der Waals surface area contributed by atoms with Crippen LogP contribution >= 0.6 is 0 Å². The molecule has 2 atom stereocenters. The maximum Gasteiger partial charge on any atom is 0.263 e. The van der Waals surface area contributed by atoms with Crippen molar-refractivity contribution in [1.29, 1.82) is 0 Å². The van der Waals surface area contributed by atoms with Crippen LogP contribution in [0.25, 0.3) is 11.5 Å². The summed E-state index contributed by atoms with van der Waals surface area (Å²) in [5, 5.41) is 0. The number of hydrogen-bond acceptors (Lipinski definition) is 5. The fourth-order valence-corrected chi connectivity index (χ4v) is 3.81. The van der Waals surface area contributed by atoms with E-state index in [-0.39, 0.29) is 17.4 Å². The van der Waals surface area contributed by atoms with Crippen LogP contribution < -0.4 is 10.3 Å². The number of nitrogens with zero attached hydrogens (tertiary/aromatic N) is 3. The number of ether oxygens (including phenoxy) is 1. The third kappa shape index (κ3) is 4.66. The molecule has 160 valence electrons. The predicted molar refractivity (Wildman–Crippen MR) is 118 cm³/mol. The van der Waals surface area contributed by atoms with Crippen LogP contribution in [0.1, 0.15) is 36.1 Å². The Morgan fingerprint density at radius 1 is 1.19 bits per heavy atom. The Morgan fingerprint density at radius 2 is 2.03 bits per heavy atom. The quantitative estimate of drug-likeness (QED) is 0.687. The molecule has 1 N–H and O–H groups in total. The standard InChI is InChI=1S/C24H26N4O3/c1-15-7-8-19(12-16(15)2)31-17(3)24(30)28-11-9-18(14-28)21-13-22(29)27-23(26-21)20-6-4-5-10-25-20/h4-8,10,12-13,17-18H,9,11,14H2,1-3H3,(H,26,27,29)/t17-,18-/m1/s1. The van der Waals surface area contributed by atoms with Crippen LogP contribution in [-0.4, -0.2) is 45.0 Å². The lowest BCUT2D eigenvalue weighted by molar-refractivity contribution is -0.136. The van der Waals surface area contributed by atoms with Gasteiger partial charge in [-0.2, -0.15) is 0 Å². The number of carbonyl (C=O) groups excluding carboxylic acids is 1. The summed E-state index contributed by atoms with van der Waals surface area (Å²) in [4.78, 5) is 38.6. The van der Waals surface area contributed by atoms with Gasteiger partial charge in [0.25, 0.3) is 11.5 Å². The van der Waals surface area contributed by atoms with Gasteiger partial charge in [0.1, 0.15) is 11.4 Å². The first-order valence-corrected chi connectivity index (χ1v) is 10.5. The van der Waals surface area contributed by atoms with Gasteiger partial charge in [0.2, 0.25) is 0 Å². The van der Waals surface area contributed by atoms with Crippen LogP contribution in [0.4, 0.5) is 0 Å². The van der Waals surface area contributed by atoms with Crippen molar-refractivity contribution in [2.75, 3.05) is 13.1 Å². The second-order valence-electron chi connectivity index (χ2n) is 8.01. The molecule has 1 aromatic carbocycles. The van der Waals surface area contributed by atoms with E-state index < -0.39 is 6.10 Å². The van der Waals surface area contributed by atoms with Gasteiger partial charge in [0.05, 0.1) is 5.69 Å². The summed E-state index contributed by atoms with van der Waals surface area (Å²) < 4.78 is 5.89. The third-order valence-electron chi connectivity index (χ3n) is 5.73. The Bertz CT molecular complexity index is 1140. The summed E-state index contributed by atoms with van der Waals surface area (Å²) in [5.41, 5.74) is 3.39. The Balaban J connectivity index is 1.45. The number of benzene rings is 1. The van der Waals surface area contributed by atoms with Crippen molar-refractivity contribution in [3.8, 4) is 17.3 Å². The lowest BCUT2D eigenvalue weighted by Gasteiger charge is -2.22. The SMILES string of the molecule is Cc1ccc(O[C@H](C)C(=O)N2CC[C@@H](c3cc(=O)[nH]c(-c4ccccn4)n3)C2)cc1C. The van der Waals surface area contributed by atoms with Gasteiger partial charge >= 0.3 is 0 Å². The maximum absolute atomic E-state index is 12.9. The maximum atomic E-state index is 12.9. The first-order valence-electron chi connectivity index (χ1n) is 10.5. The van der Waals surface area contributed by atoms with Gasteiger partial charge in [-0.15, -0.1) is 0 Å². The molecule has 1 aliphatic rings. The molecule has 0 spiro atoms. The molecule has 31 heavy (non-hydrogen) atoms. The van der Waals surface area contributed by atoms with E-state index in [0.717, 1.165) is 12.0 Å².